The Morgan fingerprint density at radius 1 is 1.10 bits per heavy atom. The summed E-state index contributed by atoms with van der Waals surface area (Å²) in [6.45, 7) is 2.08. The summed E-state index contributed by atoms with van der Waals surface area (Å²) in [5, 5.41) is 0.805. The van der Waals surface area contributed by atoms with Gasteiger partial charge in [0.25, 0.3) is 0 Å². The van der Waals surface area contributed by atoms with E-state index in [1.807, 2.05) is 24.3 Å². The third kappa shape index (κ3) is 2.25. The van der Waals surface area contributed by atoms with Crippen molar-refractivity contribution < 1.29 is 4.39 Å². The van der Waals surface area contributed by atoms with Crippen molar-refractivity contribution in [3.63, 3.8) is 0 Å². The molecule has 0 bridgehead atoms. The van der Waals surface area contributed by atoms with Crippen LogP contribution in [0.5, 0.6) is 0 Å². The third-order valence-electron chi connectivity index (χ3n) is 3.25. The zero-order valence-corrected chi connectivity index (χ0v) is 11.7. The Morgan fingerprint density at radius 3 is 2.70 bits per heavy atom. The maximum atomic E-state index is 13.2. The first kappa shape index (κ1) is 13.0. The molecule has 4 heteroatoms. The smallest absolute Gasteiger partial charge is 0.161 e. The third-order valence-corrected chi connectivity index (χ3v) is 3.54. The highest BCUT2D eigenvalue weighted by molar-refractivity contribution is 6.34. The van der Waals surface area contributed by atoms with Crippen molar-refractivity contribution in [2.75, 3.05) is 0 Å². The summed E-state index contributed by atoms with van der Waals surface area (Å²) in [6.07, 6.45) is 0.888. The molecule has 0 unspecified atom stereocenters. The van der Waals surface area contributed by atoms with Crippen molar-refractivity contribution in [2.45, 2.75) is 13.3 Å². The van der Waals surface area contributed by atoms with Crippen LogP contribution in [0.1, 0.15) is 12.5 Å². The number of halogens is 2. The van der Waals surface area contributed by atoms with E-state index in [0.717, 1.165) is 17.5 Å². The van der Waals surface area contributed by atoms with Gasteiger partial charge in [0.05, 0.1) is 5.52 Å². The molecule has 3 aromatic rings. The average molecular weight is 287 g/mol. The molecule has 2 nitrogen and oxygen atoms in total. The monoisotopic (exact) mass is 286 g/mol. The first-order valence-corrected chi connectivity index (χ1v) is 6.78. The molecule has 0 aliphatic heterocycles. The fourth-order valence-corrected chi connectivity index (χ4v) is 2.46. The fourth-order valence-electron chi connectivity index (χ4n) is 2.23. The zero-order valence-electron chi connectivity index (χ0n) is 10.9. The molecule has 0 saturated carbocycles. The average Bonchev–Trinajstić information content (AvgIpc) is 2.47. The van der Waals surface area contributed by atoms with Gasteiger partial charge in [-0.2, -0.15) is 0 Å². The molecule has 3 rings (SSSR count). The van der Waals surface area contributed by atoms with Gasteiger partial charge < -0.3 is 0 Å². The van der Waals surface area contributed by atoms with Crippen LogP contribution in [0.4, 0.5) is 4.39 Å². The summed E-state index contributed by atoms with van der Waals surface area (Å²) in [5.41, 5.74) is 2.76. The molecule has 1 heterocycles. The number of fused-ring (bicyclic) bond motifs is 1. The standard InChI is InChI=1S/C16H12ClFN2/c1-2-10-5-3-4-6-12(10)16-19-14-8-7-11(18)9-13(14)15(17)20-16/h3-9H,2H2,1H3. The van der Waals surface area contributed by atoms with Gasteiger partial charge in [0.2, 0.25) is 0 Å². The molecule has 100 valence electrons. The number of nitrogens with zero attached hydrogens (tertiary/aromatic N) is 2. The van der Waals surface area contributed by atoms with Crippen LogP contribution >= 0.6 is 11.6 Å². The quantitative estimate of drug-likeness (QED) is 0.641. The van der Waals surface area contributed by atoms with E-state index in [-0.39, 0.29) is 11.0 Å². The van der Waals surface area contributed by atoms with Crippen LogP contribution in [0.3, 0.4) is 0 Å². The van der Waals surface area contributed by atoms with Gasteiger partial charge in [0, 0.05) is 10.9 Å². The summed E-state index contributed by atoms with van der Waals surface area (Å²) < 4.78 is 13.2. The van der Waals surface area contributed by atoms with E-state index < -0.39 is 0 Å². The molecular weight excluding hydrogens is 275 g/mol. The molecule has 0 atom stereocenters. The van der Waals surface area contributed by atoms with Gasteiger partial charge >= 0.3 is 0 Å². The van der Waals surface area contributed by atoms with Crippen molar-refractivity contribution >= 4 is 22.5 Å². The van der Waals surface area contributed by atoms with Gasteiger partial charge in [-0.3, -0.25) is 0 Å². The van der Waals surface area contributed by atoms with Crippen LogP contribution in [0, 0.1) is 5.82 Å². The number of aryl methyl sites for hydroxylation is 1. The van der Waals surface area contributed by atoms with E-state index in [1.54, 1.807) is 6.07 Å². The van der Waals surface area contributed by atoms with Gasteiger partial charge in [-0.05, 0) is 30.2 Å². The van der Waals surface area contributed by atoms with E-state index in [9.17, 15) is 4.39 Å². The molecule has 0 amide bonds. The lowest BCUT2D eigenvalue weighted by molar-refractivity contribution is 0.629. The molecule has 0 N–H and O–H groups in total. The summed E-state index contributed by atoms with van der Waals surface area (Å²) >= 11 is 6.16. The minimum absolute atomic E-state index is 0.274. The van der Waals surface area contributed by atoms with E-state index in [2.05, 4.69) is 16.9 Å². The minimum atomic E-state index is -0.343. The Hall–Kier alpha value is -2.00. The molecule has 0 saturated heterocycles. The molecule has 0 aliphatic carbocycles. The highest BCUT2D eigenvalue weighted by Gasteiger charge is 2.11. The van der Waals surface area contributed by atoms with Crippen LogP contribution in [-0.4, -0.2) is 9.97 Å². The van der Waals surface area contributed by atoms with E-state index >= 15 is 0 Å². The molecule has 0 aliphatic rings. The van der Waals surface area contributed by atoms with E-state index in [4.69, 9.17) is 11.6 Å². The zero-order chi connectivity index (χ0) is 14.1. The van der Waals surface area contributed by atoms with Crippen molar-refractivity contribution in [1.82, 2.24) is 9.97 Å². The van der Waals surface area contributed by atoms with Crippen molar-refractivity contribution in [2.24, 2.45) is 0 Å². The first-order chi connectivity index (χ1) is 9.69. The largest absolute Gasteiger partial charge is 0.228 e. The maximum Gasteiger partial charge on any atom is 0.161 e. The lowest BCUT2D eigenvalue weighted by Gasteiger charge is -2.08. The SMILES string of the molecule is CCc1ccccc1-c1nc(Cl)c2cc(F)ccc2n1. The number of aromatic nitrogens is 2. The molecule has 0 fully saturated rings. The lowest BCUT2D eigenvalue weighted by Crippen LogP contribution is -1.95. The van der Waals surface area contributed by atoms with Crippen LogP contribution in [0.25, 0.3) is 22.3 Å². The predicted molar refractivity (Wildman–Crippen MR) is 79.3 cm³/mol. The Bertz CT molecular complexity index is 787. The molecular formula is C16H12ClFN2. The number of hydrogen-bond acceptors (Lipinski definition) is 2. The second-order valence-electron chi connectivity index (χ2n) is 4.51. The molecule has 1 aromatic heterocycles. The summed E-state index contributed by atoms with van der Waals surface area (Å²) in [7, 11) is 0. The molecule has 20 heavy (non-hydrogen) atoms. The predicted octanol–water partition coefficient (Wildman–Crippen LogP) is 4.65. The molecule has 0 spiro atoms. The van der Waals surface area contributed by atoms with Crippen LogP contribution < -0.4 is 0 Å². The maximum absolute atomic E-state index is 13.2. The second kappa shape index (κ2) is 5.17. The molecule has 0 radical (unpaired) electrons. The van der Waals surface area contributed by atoms with Gasteiger partial charge in [0.1, 0.15) is 11.0 Å². The van der Waals surface area contributed by atoms with Gasteiger partial charge in [-0.1, -0.05) is 42.8 Å². The highest BCUT2D eigenvalue weighted by atomic mass is 35.5. The minimum Gasteiger partial charge on any atom is -0.228 e. The Balaban J connectivity index is 2.25. The summed E-state index contributed by atoms with van der Waals surface area (Å²) in [4.78, 5) is 8.80. The van der Waals surface area contributed by atoms with Crippen molar-refractivity contribution in [1.29, 1.82) is 0 Å². The Kier molecular flexibility index (Phi) is 3.36. The van der Waals surface area contributed by atoms with Crippen molar-refractivity contribution in [3.05, 3.63) is 59.0 Å². The van der Waals surface area contributed by atoms with E-state index in [1.165, 1.54) is 12.1 Å². The van der Waals surface area contributed by atoms with Gasteiger partial charge in [0.15, 0.2) is 5.82 Å². The summed E-state index contributed by atoms with van der Waals surface area (Å²) in [6, 6.07) is 12.3. The summed E-state index contributed by atoms with van der Waals surface area (Å²) in [5.74, 6) is 0.233. The van der Waals surface area contributed by atoms with Gasteiger partial charge in [-0.25, -0.2) is 14.4 Å². The van der Waals surface area contributed by atoms with Gasteiger partial charge in [-0.15, -0.1) is 0 Å². The highest BCUT2D eigenvalue weighted by Crippen LogP contribution is 2.27. The topological polar surface area (TPSA) is 25.8 Å². The molecule has 2 aromatic carbocycles. The number of hydrogen-bond donors (Lipinski definition) is 0. The van der Waals surface area contributed by atoms with Crippen LogP contribution in [-0.2, 0) is 6.42 Å². The lowest BCUT2D eigenvalue weighted by atomic mass is 10.0. The first-order valence-electron chi connectivity index (χ1n) is 6.40. The van der Waals surface area contributed by atoms with Crippen LogP contribution in [0.2, 0.25) is 5.15 Å². The normalized spacial score (nSPS) is 10.9. The van der Waals surface area contributed by atoms with E-state index in [0.29, 0.717) is 16.7 Å². The van der Waals surface area contributed by atoms with Crippen molar-refractivity contribution in [3.8, 4) is 11.4 Å². The Labute approximate surface area is 121 Å². The fraction of sp³-hybridized carbons (Fsp3) is 0.125. The Morgan fingerprint density at radius 2 is 1.90 bits per heavy atom. The van der Waals surface area contributed by atoms with Crippen LogP contribution in [0.15, 0.2) is 42.5 Å². The number of rotatable bonds is 2. The number of benzene rings is 2. The second-order valence-corrected chi connectivity index (χ2v) is 4.87.